The Morgan fingerprint density at radius 1 is 0.800 bits per heavy atom. The Labute approximate surface area is 132 Å². The van der Waals surface area contributed by atoms with Crippen LogP contribution in [-0.2, 0) is 4.74 Å². The van der Waals surface area contributed by atoms with Gasteiger partial charge >= 0.3 is 0 Å². The molecule has 0 N–H and O–H groups in total. The van der Waals surface area contributed by atoms with Crippen molar-refractivity contribution in [2.24, 2.45) is 0 Å². The van der Waals surface area contributed by atoms with Crippen LogP contribution in [0.5, 0.6) is 0 Å². The highest BCUT2D eigenvalue weighted by Crippen LogP contribution is 2.13. The molecule has 2 heteroatoms. The van der Waals surface area contributed by atoms with Crippen LogP contribution in [0.25, 0.3) is 0 Å². The van der Waals surface area contributed by atoms with E-state index in [9.17, 15) is 0 Å². The van der Waals surface area contributed by atoms with Crippen LogP contribution in [0, 0.1) is 0 Å². The topological polar surface area (TPSA) is 9.23 Å². The summed E-state index contributed by atoms with van der Waals surface area (Å²) in [5, 5.41) is 0.683. The number of ether oxygens (including phenoxy) is 1. The minimum absolute atomic E-state index is 0.683. The van der Waals surface area contributed by atoms with Crippen molar-refractivity contribution in [2.45, 2.75) is 96.8 Å². The first-order valence-electron chi connectivity index (χ1n) is 8.61. The fourth-order valence-corrected chi connectivity index (χ4v) is 2.65. The lowest BCUT2D eigenvalue weighted by atomic mass is 10.0. The van der Waals surface area contributed by atoms with Gasteiger partial charge in [0.15, 0.2) is 5.05 Å². The molecule has 0 aliphatic carbocycles. The maximum atomic E-state index is 5.05. The van der Waals surface area contributed by atoms with Crippen LogP contribution in [-0.4, -0.2) is 5.05 Å². The minimum atomic E-state index is 0.683. The summed E-state index contributed by atoms with van der Waals surface area (Å²) in [6.07, 6.45) is 20.3. The lowest BCUT2D eigenvalue weighted by molar-refractivity contribution is 0.465. The summed E-state index contributed by atoms with van der Waals surface area (Å²) in [6, 6.07) is 0. The van der Waals surface area contributed by atoms with Crippen LogP contribution < -0.4 is 0 Å². The normalized spacial score (nSPS) is 10.4. The quantitative estimate of drug-likeness (QED) is 0.184. The molecule has 0 aliphatic rings. The third kappa shape index (κ3) is 15.7. The molecule has 0 bridgehead atoms. The fraction of sp³-hybridized carbons (Fsp3) is 0.833. The summed E-state index contributed by atoms with van der Waals surface area (Å²) >= 11 is 5.05. The first-order chi connectivity index (χ1) is 9.81. The second-order valence-corrected chi connectivity index (χ2v) is 6.10. The summed E-state index contributed by atoms with van der Waals surface area (Å²) in [5.41, 5.74) is 0. The van der Waals surface area contributed by atoms with Crippen molar-refractivity contribution < 1.29 is 4.74 Å². The zero-order valence-electron chi connectivity index (χ0n) is 13.5. The van der Waals surface area contributed by atoms with Crippen LogP contribution in [0.15, 0.2) is 12.8 Å². The van der Waals surface area contributed by atoms with Gasteiger partial charge in [0.1, 0.15) is 0 Å². The predicted molar refractivity (Wildman–Crippen MR) is 94.2 cm³/mol. The highest BCUT2D eigenvalue weighted by atomic mass is 32.1. The van der Waals surface area contributed by atoms with E-state index in [1.165, 1.54) is 83.3 Å². The Morgan fingerprint density at radius 2 is 1.20 bits per heavy atom. The molecule has 0 aromatic rings. The van der Waals surface area contributed by atoms with Gasteiger partial charge in [-0.15, -0.1) is 0 Å². The first kappa shape index (κ1) is 19.6. The van der Waals surface area contributed by atoms with Gasteiger partial charge in [-0.2, -0.15) is 0 Å². The van der Waals surface area contributed by atoms with Gasteiger partial charge in [-0.05, 0) is 18.6 Å². The maximum absolute atomic E-state index is 5.05. The van der Waals surface area contributed by atoms with Crippen molar-refractivity contribution in [3.8, 4) is 0 Å². The fourth-order valence-electron chi connectivity index (χ4n) is 2.44. The van der Waals surface area contributed by atoms with Crippen molar-refractivity contribution in [3.63, 3.8) is 0 Å². The molecule has 0 aromatic heterocycles. The van der Waals surface area contributed by atoms with Gasteiger partial charge < -0.3 is 4.74 Å². The van der Waals surface area contributed by atoms with E-state index in [0.717, 1.165) is 12.8 Å². The smallest absolute Gasteiger partial charge is 0.166 e. The monoisotopic (exact) mass is 298 g/mol. The summed E-state index contributed by atoms with van der Waals surface area (Å²) in [7, 11) is 0. The van der Waals surface area contributed by atoms with E-state index in [4.69, 9.17) is 17.0 Å². The van der Waals surface area contributed by atoms with Gasteiger partial charge in [-0.3, -0.25) is 0 Å². The highest BCUT2D eigenvalue weighted by Gasteiger charge is 1.96. The van der Waals surface area contributed by atoms with Crippen molar-refractivity contribution in [1.82, 2.24) is 0 Å². The lowest BCUT2D eigenvalue weighted by Crippen LogP contribution is -1.95. The number of thiocarbonyl (C=S) groups is 1. The maximum Gasteiger partial charge on any atom is 0.166 e. The van der Waals surface area contributed by atoms with Crippen LogP contribution in [0.4, 0.5) is 0 Å². The van der Waals surface area contributed by atoms with Gasteiger partial charge in [0.25, 0.3) is 0 Å². The molecule has 118 valence electrons. The number of unbranched alkanes of at least 4 members (excludes halogenated alkanes) is 12. The molecule has 0 unspecified atom stereocenters. The van der Waals surface area contributed by atoms with Crippen molar-refractivity contribution in [3.05, 3.63) is 12.8 Å². The Hall–Kier alpha value is -0.370. The van der Waals surface area contributed by atoms with E-state index in [-0.39, 0.29) is 0 Å². The molecule has 20 heavy (non-hydrogen) atoms. The lowest BCUT2D eigenvalue weighted by Gasteiger charge is -2.03. The highest BCUT2D eigenvalue weighted by molar-refractivity contribution is 7.80. The summed E-state index contributed by atoms with van der Waals surface area (Å²) in [6.45, 7) is 5.78. The predicted octanol–water partition coefficient (Wildman–Crippen LogP) is 6.96. The number of hydrogen-bond acceptors (Lipinski definition) is 2. The third-order valence-corrected chi connectivity index (χ3v) is 4.00. The Morgan fingerprint density at radius 3 is 1.60 bits per heavy atom. The van der Waals surface area contributed by atoms with E-state index in [1.807, 2.05) is 0 Å². The molecule has 0 spiro atoms. The summed E-state index contributed by atoms with van der Waals surface area (Å²) < 4.78 is 5.04. The van der Waals surface area contributed by atoms with Crippen LogP contribution in [0.1, 0.15) is 96.8 Å². The molecule has 0 radical (unpaired) electrons. The summed E-state index contributed by atoms with van der Waals surface area (Å²) in [5.74, 6) is 0. The molecule has 0 heterocycles. The van der Waals surface area contributed by atoms with E-state index in [2.05, 4.69) is 13.5 Å². The Balaban J connectivity index is 3.02. The molecule has 0 aromatic carbocycles. The second kappa shape index (κ2) is 16.7. The number of hydrogen-bond donors (Lipinski definition) is 0. The number of rotatable bonds is 15. The van der Waals surface area contributed by atoms with Crippen molar-refractivity contribution >= 4 is 17.3 Å². The molecule has 0 amide bonds. The molecule has 0 saturated heterocycles. The molecule has 1 nitrogen and oxygen atoms in total. The van der Waals surface area contributed by atoms with Gasteiger partial charge in [-0.1, -0.05) is 90.6 Å². The van der Waals surface area contributed by atoms with Gasteiger partial charge in [0.2, 0.25) is 0 Å². The van der Waals surface area contributed by atoms with Crippen LogP contribution in [0.2, 0.25) is 0 Å². The van der Waals surface area contributed by atoms with E-state index in [1.54, 1.807) is 0 Å². The SMILES string of the molecule is C=COC(=S)CCCCCCCCCCCCCCC. The van der Waals surface area contributed by atoms with E-state index in [0.29, 0.717) is 5.05 Å². The molecular weight excluding hydrogens is 264 g/mol. The van der Waals surface area contributed by atoms with Crippen LogP contribution in [0.3, 0.4) is 0 Å². The van der Waals surface area contributed by atoms with E-state index < -0.39 is 0 Å². The standard InChI is InChI=1S/C18H34OS/c1-3-5-6-7-8-9-10-11-12-13-14-15-16-17-18(20)19-4-2/h4H,2-3,5-17H2,1H3. The molecule has 0 rings (SSSR count). The molecule has 0 atom stereocenters. The summed E-state index contributed by atoms with van der Waals surface area (Å²) in [4.78, 5) is 0. The average Bonchev–Trinajstić information content (AvgIpc) is 2.44. The van der Waals surface area contributed by atoms with Gasteiger partial charge in [-0.25, -0.2) is 0 Å². The van der Waals surface area contributed by atoms with E-state index >= 15 is 0 Å². The largest absolute Gasteiger partial charge is 0.459 e. The zero-order valence-corrected chi connectivity index (χ0v) is 14.3. The van der Waals surface area contributed by atoms with Gasteiger partial charge in [0, 0.05) is 6.42 Å². The second-order valence-electron chi connectivity index (χ2n) is 5.65. The minimum Gasteiger partial charge on any atom is -0.459 e. The first-order valence-corrected chi connectivity index (χ1v) is 9.02. The van der Waals surface area contributed by atoms with Gasteiger partial charge in [0.05, 0.1) is 6.26 Å². The average molecular weight is 299 g/mol. The molecular formula is C18H34OS. The van der Waals surface area contributed by atoms with Crippen molar-refractivity contribution in [2.75, 3.05) is 0 Å². The van der Waals surface area contributed by atoms with Crippen LogP contribution >= 0.6 is 12.2 Å². The molecule has 0 fully saturated rings. The Kier molecular flexibility index (Phi) is 16.4. The molecule has 0 aliphatic heterocycles. The zero-order chi connectivity index (χ0) is 14.9. The molecule has 0 saturated carbocycles. The van der Waals surface area contributed by atoms with Crippen molar-refractivity contribution in [1.29, 1.82) is 0 Å². The third-order valence-electron chi connectivity index (χ3n) is 3.70. The Bertz CT molecular complexity index is 225.